The van der Waals surface area contributed by atoms with E-state index in [0.717, 1.165) is 37.3 Å². The largest absolute Gasteiger partial charge is 0.390 e. The third-order valence-corrected chi connectivity index (χ3v) is 6.50. The molecule has 3 aliphatic rings. The van der Waals surface area contributed by atoms with Crippen molar-refractivity contribution >= 4 is 24.6 Å². The second kappa shape index (κ2) is 10.2. The summed E-state index contributed by atoms with van der Waals surface area (Å²) in [5, 5.41) is 13.9. The Balaban J connectivity index is 1.19. The van der Waals surface area contributed by atoms with Gasteiger partial charge >= 0.3 is 0 Å². The summed E-state index contributed by atoms with van der Waals surface area (Å²) in [7, 11) is 0. The smallest absolute Gasteiger partial charge is 0.253 e. The summed E-state index contributed by atoms with van der Waals surface area (Å²) in [6, 6.07) is 12.9. The molecule has 3 heterocycles. The van der Waals surface area contributed by atoms with Gasteiger partial charge in [-0.1, -0.05) is 24.3 Å². The normalized spacial score (nSPS) is 23.0. The molecule has 1 saturated heterocycles. The summed E-state index contributed by atoms with van der Waals surface area (Å²) in [5.74, 6) is -1.56. The molecule has 0 bridgehead atoms. The Labute approximate surface area is 202 Å². The van der Waals surface area contributed by atoms with E-state index in [9.17, 15) is 13.9 Å². The van der Waals surface area contributed by atoms with Gasteiger partial charge in [-0.05, 0) is 35.4 Å². The van der Waals surface area contributed by atoms with E-state index in [0.29, 0.717) is 18.8 Å². The Kier molecular flexibility index (Phi) is 6.87. The molecular formula is C25H27F2N7O. The number of benzene rings is 2. The van der Waals surface area contributed by atoms with Crippen LogP contribution in [-0.4, -0.2) is 90.7 Å². The molecule has 35 heavy (non-hydrogen) atoms. The zero-order valence-corrected chi connectivity index (χ0v) is 19.1. The molecule has 2 atom stereocenters. The first-order valence-corrected chi connectivity index (χ1v) is 11.6. The number of β-amino-alcohol motifs (C(OH)–C–C–N with tert-alkyl or cyclic N) is 1. The second-order valence-electron chi connectivity index (χ2n) is 8.83. The van der Waals surface area contributed by atoms with Crippen LogP contribution in [0.4, 0.5) is 8.78 Å². The number of aliphatic imine (C=N–C) groups is 4. The van der Waals surface area contributed by atoms with Crippen LogP contribution in [0.2, 0.25) is 0 Å². The number of nitrogens with zero attached hydrogens (tertiary/aromatic N) is 6. The summed E-state index contributed by atoms with van der Waals surface area (Å²) in [4.78, 5) is 21.3. The molecule has 2 unspecified atom stereocenters. The van der Waals surface area contributed by atoms with Gasteiger partial charge in [0.2, 0.25) is 0 Å². The maximum Gasteiger partial charge on any atom is 0.253 e. The van der Waals surface area contributed by atoms with Crippen molar-refractivity contribution in [3.63, 3.8) is 0 Å². The van der Waals surface area contributed by atoms with E-state index in [-0.39, 0.29) is 17.7 Å². The molecule has 0 aromatic heterocycles. The Morgan fingerprint density at radius 2 is 1.49 bits per heavy atom. The fraction of sp³-hybridized carbons (Fsp3) is 0.360. The first kappa shape index (κ1) is 23.6. The SMILES string of the molecule is OC(CNC12N=CN=CC1=NC=N2)CN1CCN(C(c2ccc(F)cc2)c2ccc(F)cc2)CC1. The lowest BCUT2D eigenvalue weighted by Gasteiger charge is -2.40. The minimum atomic E-state index is -0.987. The first-order chi connectivity index (χ1) is 17.0. The van der Waals surface area contributed by atoms with E-state index < -0.39 is 11.9 Å². The first-order valence-electron chi connectivity index (χ1n) is 11.6. The summed E-state index contributed by atoms with van der Waals surface area (Å²) >= 11 is 0. The van der Waals surface area contributed by atoms with Crippen molar-refractivity contribution in [2.45, 2.75) is 17.9 Å². The zero-order chi connectivity index (χ0) is 24.3. The van der Waals surface area contributed by atoms with Crippen molar-refractivity contribution in [1.82, 2.24) is 15.1 Å². The van der Waals surface area contributed by atoms with Crippen molar-refractivity contribution < 1.29 is 13.9 Å². The molecule has 0 amide bonds. The van der Waals surface area contributed by atoms with Gasteiger partial charge in [-0.3, -0.25) is 15.1 Å². The van der Waals surface area contributed by atoms with Gasteiger partial charge in [0.05, 0.1) is 18.4 Å². The van der Waals surface area contributed by atoms with Gasteiger partial charge in [0.1, 0.15) is 30.0 Å². The molecule has 8 nitrogen and oxygen atoms in total. The van der Waals surface area contributed by atoms with Gasteiger partial charge in [0.15, 0.2) is 0 Å². The third kappa shape index (κ3) is 5.25. The van der Waals surface area contributed by atoms with E-state index >= 15 is 0 Å². The maximum absolute atomic E-state index is 13.5. The van der Waals surface area contributed by atoms with Crippen molar-refractivity contribution in [2.24, 2.45) is 20.0 Å². The molecule has 2 aromatic carbocycles. The average molecular weight is 480 g/mol. The zero-order valence-electron chi connectivity index (χ0n) is 19.1. The fourth-order valence-electron chi connectivity index (χ4n) is 4.69. The summed E-state index contributed by atoms with van der Waals surface area (Å²) in [6.45, 7) is 3.84. The molecule has 0 spiro atoms. The number of piperazine rings is 1. The van der Waals surface area contributed by atoms with Crippen LogP contribution < -0.4 is 5.32 Å². The highest BCUT2D eigenvalue weighted by Gasteiger charge is 2.38. The standard InChI is InChI=1S/C25H27F2N7O/c26-20-5-1-18(2-6-20)24(19-3-7-21(27)8-4-19)34-11-9-33(10-12-34)15-22(35)13-30-25-23(29-17-32-25)14-28-16-31-25/h1-8,14,16-17,22,24,30,35H,9-13,15H2. The van der Waals surface area contributed by atoms with Crippen LogP contribution in [0.5, 0.6) is 0 Å². The molecule has 0 saturated carbocycles. The number of aliphatic hydroxyl groups excluding tert-OH is 1. The van der Waals surface area contributed by atoms with Crippen molar-refractivity contribution in [3.05, 3.63) is 71.3 Å². The lowest BCUT2D eigenvalue weighted by molar-refractivity contribution is 0.0607. The monoisotopic (exact) mass is 479 g/mol. The van der Waals surface area contributed by atoms with Gasteiger partial charge in [0.25, 0.3) is 5.79 Å². The van der Waals surface area contributed by atoms with Crippen LogP contribution in [0.15, 0.2) is 68.5 Å². The minimum absolute atomic E-state index is 0.104. The highest BCUT2D eigenvalue weighted by Crippen LogP contribution is 2.30. The Hall–Kier alpha value is -3.18. The molecule has 10 heteroatoms. The predicted octanol–water partition coefficient (Wildman–Crippen LogP) is 1.87. The van der Waals surface area contributed by atoms with Crippen LogP contribution in [0.1, 0.15) is 17.2 Å². The fourth-order valence-corrected chi connectivity index (χ4v) is 4.69. The van der Waals surface area contributed by atoms with Gasteiger partial charge in [0, 0.05) is 39.3 Å². The van der Waals surface area contributed by atoms with E-state index in [1.165, 1.54) is 36.9 Å². The average Bonchev–Trinajstić information content (AvgIpc) is 3.31. The van der Waals surface area contributed by atoms with Gasteiger partial charge in [-0.25, -0.2) is 28.8 Å². The van der Waals surface area contributed by atoms with Gasteiger partial charge < -0.3 is 5.11 Å². The van der Waals surface area contributed by atoms with E-state index in [1.807, 2.05) is 0 Å². The molecule has 3 aliphatic heterocycles. The van der Waals surface area contributed by atoms with Crippen molar-refractivity contribution in [2.75, 3.05) is 39.3 Å². The van der Waals surface area contributed by atoms with Gasteiger partial charge in [-0.15, -0.1) is 0 Å². The number of hydrogen-bond donors (Lipinski definition) is 2. The predicted molar refractivity (Wildman–Crippen MR) is 132 cm³/mol. The van der Waals surface area contributed by atoms with Crippen molar-refractivity contribution in [3.8, 4) is 0 Å². The van der Waals surface area contributed by atoms with Crippen LogP contribution >= 0.6 is 0 Å². The quantitative estimate of drug-likeness (QED) is 0.605. The molecule has 5 rings (SSSR count). The van der Waals surface area contributed by atoms with Gasteiger partial charge in [-0.2, -0.15) is 0 Å². The van der Waals surface area contributed by atoms with E-state index in [2.05, 4.69) is 35.1 Å². The Bertz CT molecular complexity index is 1100. The number of nitrogens with one attached hydrogen (secondary N) is 1. The van der Waals surface area contributed by atoms with Crippen LogP contribution in [-0.2, 0) is 0 Å². The number of fused-ring (bicyclic) bond motifs is 1. The molecule has 0 aliphatic carbocycles. The highest BCUT2D eigenvalue weighted by molar-refractivity contribution is 6.39. The Morgan fingerprint density at radius 3 is 2.11 bits per heavy atom. The summed E-state index contributed by atoms with van der Waals surface area (Å²) in [5.41, 5.74) is 2.52. The third-order valence-electron chi connectivity index (χ3n) is 6.50. The Morgan fingerprint density at radius 1 is 0.886 bits per heavy atom. The summed E-state index contributed by atoms with van der Waals surface area (Å²) < 4.78 is 27.1. The number of halogens is 2. The van der Waals surface area contributed by atoms with Crippen LogP contribution in [0.25, 0.3) is 0 Å². The lowest BCUT2D eigenvalue weighted by atomic mass is 9.96. The second-order valence-corrected chi connectivity index (χ2v) is 8.83. The molecule has 182 valence electrons. The topological polar surface area (TPSA) is 88.2 Å². The van der Waals surface area contributed by atoms with Crippen LogP contribution in [0, 0.1) is 11.6 Å². The highest BCUT2D eigenvalue weighted by atomic mass is 19.1. The lowest BCUT2D eigenvalue weighted by Crippen LogP contribution is -2.54. The molecule has 2 aromatic rings. The number of hydrogen-bond acceptors (Lipinski definition) is 8. The minimum Gasteiger partial charge on any atom is -0.390 e. The number of aliphatic hydroxyl groups is 1. The summed E-state index contributed by atoms with van der Waals surface area (Å²) in [6.07, 6.45) is 3.87. The van der Waals surface area contributed by atoms with Crippen molar-refractivity contribution in [1.29, 1.82) is 0 Å². The van der Waals surface area contributed by atoms with E-state index in [4.69, 9.17) is 0 Å². The molecule has 1 fully saturated rings. The molecular weight excluding hydrogens is 452 g/mol. The number of rotatable bonds is 8. The molecule has 2 N–H and O–H groups in total. The van der Waals surface area contributed by atoms with E-state index in [1.54, 1.807) is 30.5 Å². The van der Waals surface area contributed by atoms with Crippen LogP contribution in [0.3, 0.4) is 0 Å². The maximum atomic E-state index is 13.5. The molecule has 0 radical (unpaired) electrons.